The molecular formula is C16H16N4O3S. The average Bonchev–Trinajstić information content (AvgIpc) is 3.08. The molecule has 1 aromatic carbocycles. The third kappa shape index (κ3) is 2.73. The minimum absolute atomic E-state index is 0.0189. The van der Waals surface area contributed by atoms with Gasteiger partial charge in [-0.2, -0.15) is 4.98 Å². The van der Waals surface area contributed by atoms with Crippen LogP contribution in [0.4, 0.5) is 0 Å². The molecule has 0 spiro atoms. The maximum Gasteiger partial charge on any atom is 0.232 e. The Morgan fingerprint density at radius 3 is 2.83 bits per heavy atom. The van der Waals surface area contributed by atoms with Crippen LogP contribution in [-0.4, -0.2) is 28.1 Å². The van der Waals surface area contributed by atoms with Gasteiger partial charge in [0.15, 0.2) is 5.82 Å². The van der Waals surface area contributed by atoms with Gasteiger partial charge in [0, 0.05) is 18.3 Å². The zero-order chi connectivity index (χ0) is 16.7. The first-order valence-electron chi connectivity index (χ1n) is 7.69. The summed E-state index contributed by atoms with van der Waals surface area (Å²) in [5, 5.41) is 3.77. The van der Waals surface area contributed by atoms with Crippen molar-refractivity contribution >= 4 is 9.84 Å². The fourth-order valence-corrected chi connectivity index (χ4v) is 3.86. The Balaban J connectivity index is 1.67. The maximum absolute atomic E-state index is 12.8. The van der Waals surface area contributed by atoms with Gasteiger partial charge >= 0.3 is 0 Å². The van der Waals surface area contributed by atoms with Crippen molar-refractivity contribution in [2.45, 2.75) is 36.6 Å². The molecule has 0 aliphatic heterocycles. The summed E-state index contributed by atoms with van der Waals surface area (Å²) in [5.74, 6) is 0.674. The first-order valence-corrected chi connectivity index (χ1v) is 9.34. The molecule has 0 bridgehead atoms. The van der Waals surface area contributed by atoms with Crippen molar-refractivity contribution in [1.29, 1.82) is 0 Å². The number of aromatic nitrogens is 4. The number of benzene rings is 1. The van der Waals surface area contributed by atoms with E-state index in [1.54, 1.807) is 10.8 Å². The highest BCUT2D eigenvalue weighted by atomic mass is 32.2. The van der Waals surface area contributed by atoms with Gasteiger partial charge in [0.25, 0.3) is 0 Å². The summed E-state index contributed by atoms with van der Waals surface area (Å²) in [7, 11) is -3.69. The van der Waals surface area contributed by atoms with Crippen LogP contribution in [0.3, 0.4) is 0 Å². The van der Waals surface area contributed by atoms with Crippen LogP contribution in [-0.2, 0) is 15.6 Å². The zero-order valence-electron chi connectivity index (χ0n) is 13.1. The van der Waals surface area contributed by atoms with Crippen LogP contribution in [0.25, 0.3) is 5.69 Å². The van der Waals surface area contributed by atoms with Crippen LogP contribution in [0.1, 0.15) is 36.0 Å². The SMILES string of the molecule is Cc1ccccc1-n1ccnc1S(=O)(=O)Cc1noc(C2CC2)n1. The van der Waals surface area contributed by atoms with E-state index in [0.29, 0.717) is 11.8 Å². The zero-order valence-corrected chi connectivity index (χ0v) is 13.9. The molecule has 2 heterocycles. The van der Waals surface area contributed by atoms with Crippen molar-refractivity contribution in [2.24, 2.45) is 0 Å². The fourth-order valence-electron chi connectivity index (χ4n) is 2.59. The third-order valence-corrected chi connectivity index (χ3v) is 5.49. The summed E-state index contributed by atoms with van der Waals surface area (Å²) in [6, 6.07) is 7.55. The van der Waals surface area contributed by atoms with Gasteiger partial charge < -0.3 is 4.52 Å². The molecule has 0 amide bonds. The number of sulfone groups is 1. The lowest BCUT2D eigenvalue weighted by molar-refractivity contribution is 0.375. The summed E-state index contributed by atoms with van der Waals surface area (Å²) in [6.07, 6.45) is 5.16. The predicted molar refractivity (Wildman–Crippen MR) is 85.5 cm³/mol. The Hall–Kier alpha value is -2.48. The monoisotopic (exact) mass is 344 g/mol. The minimum atomic E-state index is -3.69. The first kappa shape index (κ1) is 15.1. The largest absolute Gasteiger partial charge is 0.339 e. The molecule has 0 unspecified atom stereocenters. The fraction of sp³-hybridized carbons (Fsp3) is 0.312. The second-order valence-electron chi connectivity index (χ2n) is 5.95. The molecule has 1 saturated carbocycles. The van der Waals surface area contributed by atoms with Gasteiger partial charge in [0.2, 0.25) is 20.9 Å². The van der Waals surface area contributed by atoms with Gasteiger partial charge in [-0.3, -0.25) is 4.57 Å². The Labute approximate surface area is 139 Å². The lowest BCUT2D eigenvalue weighted by atomic mass is 10.2. The van der Waals surface area contributed by atoms with E-state index in [-0.39, 0.29) is 16.7 Å². The molecular weight excluding hydrogens is 328 g/mol. The molecule has 3 aromatic rings. The Bertz CT molecular complexity index is 986. The molecule has 4 rings (SSSR count). The Morgan fingerprint density at radius 1 is 1.29 bits per heavy atom. The van der Waals surface area contributed by atoms with Gasteiger partial charge in [0.1, 0.15) is 5.75 Å². The first-order chi connectivity index (χ1) is 11.5. The van der Waals surface area contributed by atoms with Crippen molar-refractivity contribution in [2.75, 3.05) is 0 Å². The van der Waals surface area contributed by atoms with Crippen molar-refractivity contribution < 1.29 is 12.9 Å². The van der Waals surface area contributed by atoms with E-state index in [1.807, 2.05) is 31.2 Å². The number of nitrogens with zero attached hydrogens (tertiary/aromatic N) is 4. The second-order valence-corrected chi connectivity index (χ2v) is 7.83. The number of aryl methyl sites for hydroxylation is 1. The van der Waals surface area contributed by atoms with Gasteiger partial charge in [-0.15, -0.1) is 0 Å². The Morgan fingerprint density at radius 2 is 2.08 bits per heavy atom. The maximum atomic E-state index is 12.8. The molecule has 0 atom stereocenters. The van der Waals surface area contributed by atoms with Crippen molar-refractivity contribution in [3.8, 4) is 5.69 Å². The molecule has 24 heavy (non-hydrogen) atoms. The summed E-state index contributed by atoms with van der Waals surface area (Å²) < 4.78 is 32.2. The quantitative estimate of drug-likeness (QED) is 0.706. The van der Waals surface area contributed by atoms with E-state index in [4.69, 9.17) is 4.52 Å². The molecule has 1 aliphatic rings. The van der Waals surface area contributed by atoms with Gasteiger partial charge in [-0.25, -0.2) is 13.4 Å². The molecule has 0 saturated heterocycles. The summed E-state index contributed by atoms with van der Waals surface area (Å²) in [4.78, 5) is 8.24. The summed E-state index contributed by atoms with van der Waals surface area (Å²) in [5.41, 5.74) is 1.74. The smallest absolute Gasteiger partial charge is 0.232 e. The van der Waals surface area contributed by atoms with Crippen LogP contribution in [0.2, 0.25) is 0 Å². The standard InChI is InChI=1S/C16H16N4O3S/c1-11-4-2-3-5-13(11)20-9-8-17-16(20)24(21,22)10-14-18-15(23-19-14)12-6-7-12/h2-5,8-9,12H,6-7,10H2,1H3. The number of imidazole rings is 1. The normalized spacial score (nSPS) is 14.9. The summed E-state index contributed by atoms with van der Waals surface area (Å²) >= 11 is 0. The number of hydrogen-bond acceptors (Lipinski definition) is 6. The van der Waals surface area contributed by atoms with Crippen LogP contribution < -0.4 is 0 Å². The number of para-hydroxylation sites is 1. The van der Waals surface area contributed by atoms with Crippen molar-refractivity contribution in [1.82, 2.24) is 19.7 Å². The topological polar surface area (TPSA) is 90.9 Å². The molecule has 2 aromatic heterocycles. The molecule has 0 N–H and O–H groups in total. The van der Waals surface area contributed by atoms with E-state index < -0.39 is 9.84 Å². The van der Waals surface area contributed by atoms with Crippen LogP contribution in [0.15, 0.2) is 46.3 Å². The predicted octanol–water partition coefficient (Wildman–Crippen LogP) is 2.42. The van der Waals surface area contributed by atoms with E-state index in [9.17, 15) is 8.42 Å². The second kappa shape index (κ2) is 5.55. The Kier molecular flexibility index (Phi) is 3.49. The number of rotatable bonds is 5. The minimum Gasteiger partial charge on any atom is -0.339 e. The molecule has 1 aliphatic carbocycles. The van der Waals surface area contributed by atoms with Crippen LogP contribution >= 0.6 is 0 Å². The van der Waals surface area contributed by atoms with Crippen LogP contribution in [0.5, 0.6) is 0 Å². The van der Waals surface area contributed by atoms with E-state index in [1.165, 1.54) is 6.20 Å². The lowest BCUT2D eigenvalue weighted by Crippen LogP contribution is -2.13. The summed E-state index contributed by atoms with van der Waals surface area (Å²) in [6.45, 7) is 1.92. The molecule has 0 radical (unpaired) electrons. The molecule has 1 fully saturated rings. The molecule has 7 nitrogen and oxygen atoms in total. The van der Waals surface area contributed by atoms with E-state index >= 15 is 0 Å². The highest BCUT2D eigenvalue weighted by Crippen LogP contribution is 2.39. The van der Waals surface area contributed by atoms with Crippen molar-refractivity contribution in [3.63, 3.8) is 0 Å². The van der Waals surface area contributed by atoms with Crippen molar-refractivity contribution in [3.05, 3.63) is 53.9 Å². The number of hydrogen-bond donors (Lipinski definition) is 0. The van der Waals surface area contributed by atoms with Crippen LogP contribution in [0, 0.1) is 6.92 Å². The van der Waals surface area contributed by atoms with Gasteiger partial charge in [-0.1, -0.05) is 23.4 Å². The molecule has 8 heteroatoms. The van der Waals surface area contributed by atoms with E-state index in [0.717, 1.165) is 24.1 Å². The van der Waals surface area contributed by atoms with Gasteiger partial charge in [-0.05, 0) is 31.4 Å². The average molecular weight is 344 g/mol. The third-order valence-electron chi connectivity index (χ3n) is 3.99. The molecule has 124 valence electrons. The highest BCUT2D eigenvalue weighted by Gasteiger charge is 2.31. The highest BCUT2D eigenvalue weighted by molar-refractivity contribution is 7.90. The van der Waals surface area contributed by atoms with Gasteiger partial charge in [0.05, 0.1) is 5.69 Å². The van der Waals surface area contributed by atoms with E-state index in [2.05, 4.69) is 15.1 Å². The lowest BCUT2D eigenvalue weighted by Gasteiger charge is -2.10.